The van der Waals surface area contributed by atoms with Crippen LogP contribution in [0.15, 0.2) is 24.3 Å². The summed E-state index contributed by atoms with van der Waals surface area (Å²) in [5.41, 5.74) is 2.69. The van der Waals surface area contributed by atoms with Crippen molar-refractivity contribution in [1.29, 1.82) is 0 Å². The fourth-order valence-electron chi connectivity index (χ4n) is 2.18. The normalized spacial score (nSPS) is 20.9. The Kier molecular flexibility index (Phi) is 5.13. The number of nitrogens with one attached hydrogen (secondary N) is 2. The molecule has 1 saturated heterocycles. The molecule has 0 saturated carbocycles. The Morgan fingerprint density at radius 1 is 1.38 bits per heavy atom. The first-order valence-electron chi connectivity index (χ1n) is 6.75. The average Bonchev–Trinajstić information content (AvgIpc) is 2.94. The summed E-state index contributed by atoms with van der Waals surface area (Å²) >= 11 is 0. The summed E-state index contributed by atoms with van der Waals surface area (Å²) in [6.07, 6.45) is 0.650. The largest absolute Gasteiger partial charge is 0.489 e. The summed E-state index contributed by atoms with van der Waals surface area (Å²) in [7, 11) is 0. The zero-order valence-electron chi connectivity index (χ0n) is 11.8. The highest BCUT2D eigenvalue weighted by atomic mass is 16.5. The van der Waals surface area contributed by atoms with E-state index >= 15 is 0 Å². The van der Waals surface area contributed by atoms with Gasteiger partial charge >= 0.3 is 0 Å². The number of hydrazine groups is 1. The van der Waals surface area contributed by atoms with Gasteiger partial charge in [0.15, 0.2) is 0 Å². The molecule has 1 heterocycles. The minimum atomic E-state index is -0.519. The van der Waals surface area contributed by atoms with Crippen LogP contribution in [-0.4, -0.2) is 30.6 Å². The van der Waals surface area contributed by atoms with Crippen LogP contribution in [0.1, 0.15) is 19.8 Å². The van der Waals surface area contributed by atoms with E-state index in [0.717, 1.165) is 6.42 Å². The number of nitrogens with two attached hydrogens (primary N) is 1. The van der Waals surface area contributed by atoms with Crippen LogP contribution in [0.3, 0.4) is 0 Å². The highest BCUT2D eigenvalue weighted by Crippen LogP contribution is 2.26. The maximum absolute atomic E-state index is 11.4. The molecule has 114 valence electrons. The molecule has 0 aliphatic carbocycles. The molecule has 4 N–H and O–H groups in total. The van der Waals surface area contributed by atoms with Gasteiger partial charge in [0.05, 0.1) is 11.8 Å². The molecule has 0 bridgehead atoms. The summed E-state index contributed by atoms with van der Waals surface area (Å²) in [5.74, 6) is 5.16. The number of benzene rings is 1. The molecule has 2 unspecified atom stereocenters. The SMILES string of the molecule is CC(=O)Nc1ccccc1OCC1CCC(C(=O)NN)O1. The van der Waals surface area contributed by atoms with Crippen molar-refractivity contribution in [3.63, 3.8) is 0 Å². The van der Waals surface area contributed by atoms with Crippen LogP contribution in [0.2, 0.25) is 0 Å². The van der Waals surface area contributed by atoms with Crippen molar-refractivity contribution in [1.82, 2.24) is 5.43 Å². The summed E-state index contributed by atoms with van der Waals surface area (Å²) in [6.45, 7) is 1.75. The van der Waals surface area contributed by atoms with Crippen LogP contribution in [0.5, 0.6) is 5.75 Å². The Bertz CT molecular complexity index is 521. The molecule has 0 spiro atoms. The number of hydrogen-bond donors (Lipinski definition) is 3. The van der Waals surface area contributed by atoms with Crippen molar-refractivity contribution >= 4 is 17.5 Å². The number of ether oxygens (including phenoxy) is 2. The molecule has 1 aliphatic heterocycles. The van der Waals surface area contributed by atoms with Crippen LogP contribution in [-0.2, 0) is 14.3 Å². The second kappa shape index (κ2) is 7.05. The van der Waals surface area contributed by atoms with Crippen molar-refractivity contribution < 1.29 is 19.1 Å². The first-order valence-corrected chi connectivity index (χ1v) is 6.75. The maximum Gasteiger partial charge on any atom is 0.263 e. The first kappa shape index (κ1) is 15.3. The summed E-state index contributed by atoms with van der Waals surface area (Å²) in [6, 6.07) is 7.16. The van der Waals surface area contributed by atoms with E-state index < -0.39 is 6.10 Å². The van der Waals surface area contributed by atoms with Gasteiger partial charge in [0.1, 0.15) is 18.5 Å². The molecule has 7 heteroatoms. The second-order valence-corrected chi connectivity index (χ2v) is 4.82. The molecule has 2 amide bonds. The first-order chi connectivity index (χ1) is 10.1. The van der Waals surface area contributed by atoms with Gasteiger partial charge in [-0.2, -0.15) is 0 Å². The second-order valence-electron chi connectivity index (χ2n) is 4.82. The lowest BCUT2D eigenvalue weighted by molar-refractivity contribution is -0.132. The minimum Gasteiger partial charge on any atom is -0.489 e. The molecule has 1 aliphatic rings. The number of para-hydroxylation sites is 2. The molecule has 1 fully saturated rings. The standard InChI is InChI=1S/C14H19N3O4/c1-9(18)16-11-4-2-3-5-12(11)20-8-10-6-7-13(21-10)14(19)17-15/h2-5,10,13H,6-8,15H2,1H3,(H,16,18)(H,17,19). The molecule has 21 heavy (non-hydrogen) atoms. The Labute approximate surface area is 122 Å². The van der Waals surface area contributed by atoms with E-state index in [2.05, 4.69) is 10.7 Å². The van der Waals surface area contributed by atoms with E-state index in [0.29, 0.717) is 24.5 Å². The van der Waals surface area contributed by atoms with E-state index in [9.17, 15) is 9.59 Å². The lowest BCUT2D eigenvalue weighted by Crippen LogP contribution is -2.39. The summed E-state index contributed by atoms with van der Waals surface area (Å²) < 4.78 is 11.2. The third-order valence-corrected chi connectivity index (χ3v) is 3.16. The zero-order chi connectivity index (χ0) is 15.2. The van der Waals surface area contributed by atoms with Gasteiger partial charge in [0.2, 0.25) is 5.91 Å². The Balaban J connectivity index is 1.89. The predicted molar refractivity (Wildman–Crippen MR) is 76.5 cm³/mol. The van der Waals surface area contributed by atoms with E-state index in [-0.39, 0.29) is 17.9 Å². The number of rotatable bonds is 5. The van der Waals surface area contributed by atoms with Gasteiger partial charge in [-0.15, -0.1) is 0 Å². The molecule has 1 aromatic rings. The highest BCUT2D eigenvalue weighted by Gasteiger charge is 2.30. The van der Waals surface area contributed by atoms with Gasteiger partial charge < -0.3 is 14.8 Å². The van der Waals surface area contributed by atoms with Crippen LogP contribution in [0.25, 0.3) is 0 Å². The van der Waals surface area contributed by atoms with Crippen LogP contribution < -0.4 is 21.3 Å². The molecular weight excluding hydrogens is 274 g/mol. The molecule has 0 radical (unpaired) electrons. The highest BCUT2D eigenvalue weighted by molar-refractivity contribution is 5.90. The molecule has 7 nitrogen and oxygen atoms in total. The lowest BCUT2D eigenvalue weighted by atomic mass is 10.2. The quantitative estimate of drug-likeness (QED) is 0.418. The Morgan fingerprint density at radius 3 is 2.86 bits per heavy atom. The van der Waals surface area contributed by atoms with Crippen molar-refractivity contribution in [2.45, 2.75) is 32.0 Å². The molecule has 1 aromatic carbocycles. The predicted octanol–water partition coefficient (Wildman–Crippen LogP) is 0.561. The van der Waals surface area contributed by atoms with Crippen LogP contribution in [0, 0.1) is 0 Å². The van der Waals surface area contributed by atoms with E-state index in [1.807, 2.05) is 12.1 Å². The average molecular weight is 293 g/mol. The Morgan fingerprint density at radius 2 is 2.14 bits per heavy atom. The number of anilines is 1. The number of amides is 2. The van der Waals surface area contributed by atoms with E-state index in [4.69, 9.17) is 15.3 Å². The molecule has 2 rings (SSSR count). The minimum absolute atomic E-state index is 0.164. The third kappa shape index (κ3) is 4.17. The summed E-state index contributed by atoms with van der Waals surface area (Å²) in [5, 5.41) is 2.70. The van der Waals surface area contributed by atoms with Gasteiger partial charge in [-0.05, 0) is 25.0 Å². The van der Waals surface area contributed by atoms with Crippen molar-refractivity contribution in [3.8, 4) is 5.75 Å². The fourth-order valence-corrected chi connectivity index (χ4v) is 2.18. The number of carbonyl (C=O) groups is 2. The molecule has 2 atom stereocenters. The van der Waals surface area contributed by atoms with Crippen molar-refractivity contribution in [2.24, 2.45) is 5.84 Å². The number of carbonyl (C=O) groups excluding carboxylic acids is 2. The number of hydrogen-bond acceptors (Lipinski definition) is 5. The zero-order valence-corrected chi connectivity index (χ0v) is 11.8. The molecule has 0 aromatic heterocycles. The van der Waals surface area contributed by atoms with Crippen molar-refractivity contribution in [2.75, 3.05) is 11.9 Å². The Hall–Kier alpha value is -2.12. The summed E-state index contributed by atoms with van der Waals surface area (Å²) in [4.78, 5) is 22.5. The third-order valence-electron chi connectivity index (χ3n) is 3.16. The van der Waals surface area contributed by atoms with Gasteiger partial charge in [-0.3, -0.25) is 15.0 Å². The van der Waals surface area contributed by atoms with Crippen LogP contribution >= 0.6 is 0 Å². The molecular formula is C14H19N3O4. The topological polar surface area (TPSA) is 103 Å². The van der Waals surface area contributed by atoms with Crippen molar-refractivity contribution in [3.05, 3.63) is 24.3 Å². The smallest absolute Gasteiger partial charge is 0.263 e. The van der Waals surface area contributed by atoms with Gasteiger partial charge in [-0.25, -0.2) is 5.84 Å². The maximum atomic E-state index is 11.4. The lowest BCUT2D eigenvalue weighted by Gasteiger charge is -2.15. The van der Waals surface area contributed by atoms with Gasteiger partial charge in [0, 0.05) is 6.92 Å². The van der Waals surface area contributed by atoms with Gasteiger partial charge in [-0.1, -0.05) is 12.1 Å². The fraction of sp³-hybridized carbons (Fsp3) is 0.429. The van der Waals surface area contributed by atoms with E-state index in [1.165, 1.54) is 6.92 Å². The monoisotopic (exact) mass is 293 g/mol. The van der Waals surface area contributed by atoms with Gasteiger partial charge in [0.25, 0.3) is 5.91 Å². The van der Waals surface area contributed by atoms with Crippen LogP contribution in [0.4, 0.5) is 5.69 Å². The van der Waals surface area contributed by atoms with E-state index in [1.54, 1.807) is 12.1 Å².